The van der Waals surface area contributed by atoms with Crippen molar-refractivity contribution in [1.29, 1.82) is 0 Å². The van der Waals surface area contributed by atoms with Crippen LogP contribution in [-0.2, 0) is 0 Å². The summed E-state index contributed by atoms with van der Waals surface area (Å²) in [5, 5.41) is 3.60. The molecule has 0 saturated heterocycles. The Balaban J connectivity index is 0.961. The van der Waals surface area contributed by atoms with Crippen molar-refractivity contribution >= 4 is 38.8 Å². The van der Waals surface area contributed by atoms with Crippen LogP contribution in [0.5, 0.6) is 0 Å². The van der Waals surface area contributed by atoms with Crippen LogP contribution in [-0.4, -0.2) is 0 Å². The fraction of sp³-hybridized carbons (Fsp3) is 0. The van der Waals surface area contributed by atoms with Crippen molar-refractivity contribution in [3.63, 3.8) is 0 Å². The van der Waals surface area contributed by atoms with Crippen LogP contribution in [0.3, 0.4) is 0 Å². The van der Waals surface area contributed by atoms with Gasteiger partial charge in [0.05, 0.1) is 0 Å². The highest BCUT2D eigenvalue weighted by Gasteiger charge is 2.19. The maximum Gasteiger partial charge on any atom is 0.143 e. The molecule has 11 rings (SSSR count). The summed E-state index contributed by atoms with van der Waals surface area (Å²) in [6.45, 7) is 0. The van der Waals surface area contributed by atoms with Gasteiger partial charge in [-0.05, 0) is 115 Å². The smallest absolute Gasteiger partial charge is 0.143 e. The van der Waals surface area contributed by atoms with E-state index in [1.807, 2.05) is 12.1 Å². The van der Waals surface area contributed by atoms with Gasteiger partial charge < -0.3 is 9.32 Å². The van der Waals surface area contributed by atoms with Gasteiger partial charge in [-0.3, -0.25) is 0 Å². The number of rotatable bonds is 9. The van der Waals surface area contributed by atoms with Crippen LogP contribution < -0.4 is 4.90 Å². The minimum absolute atomic E-state index is 0.879. The second-order valence-electron chi connectivity index (χ2n) is 15.7. The average molecular weight is 792 g/mol. The number of anilines is 3. The third-order valence-corrected chi connectivity index (χ3v) is 11.9. The van der Waals surface area contributed by atoms with Gasteiger partial charge in [-0.15, -0.1) is 0 Å². The topological polar surface area (TPSA) is 16.4 Å². The molecule has 62 heavy (non-hydrogen) atoms. The lowest BCUT2D eigenvalue weighted by Gasteiger charge is -2.26. The first-order chi connectivity index (χ1) is 30.7. The summed E-state index contributed by atoms with van der Waals surface area (Å²) in [6, 6.07) is 88.9. The Morgan fingerprint density at radius 1 is 0.274 bits per heavy atom. The monoisotopic (exact) mass is 791 g/mol. The maximum absolute atomic E-state index is 6.59. The second-order valence-corrected chi connectivity index (χ2v) is 15.7. The van der Waals surface area contributed by atoms with Crippen molar-refractivity contribution in [2.45, 2.75) is 0 Å². The highest BCUT2D eigenvalue weighted by atomic mass is 16.3. The minimum atomic E-state index is 0.879. The van der Waals surface area contributed by atoms with E-state index in [-0.39, 0.29) is 0 Å². The summed E-state index contributed by atoms with van der Waals surface area (Å²) in [5.74, 6) is 0.879. The van der Waals surface area contributed by atoms with Crippen molar-refractivity contribution in [2.75, 3.05) is 4.90 Å². The van der Waals surface area contributed by atoms with Crippen molar-refractivity contribution in [3.8, 4) is 67.0 Å². The van der Waals surface area contributed by atoms with Gasteiger partial charge in [0.1, 0.15) is 11.3 Å². The number of furan rings is 1. The summed E-state index contributed by atoms with van der Waals surface area (Å²) in [4.78, 5) is 2.35. The Labute approximate surface area is 362 Å². The molecule has 0 atom stereocenters. The Bertz CT molecular complexity index is 3310. The van der Waals surface area contributed by atoms with Crippen LogP contribution in [0.2, 0.25) is 0 Å². The van der Waals surface area contributed by atoms with Crippen LogP contribution in [0.1, 0.15) is 0 Å². The molecule has 292 valence electrons. The van der Waals surface area contributed by atoms with E-state index >= 15 is 0 Å². The van der Waals surface area contributed by atoms with Crippen LogP contribution in [0.25, 0.3) is 88.7 Å². The number of fused-ring (bicyclic) bond motifs is 2. The van der Waals surface area contributed by atoms with Gasteiger partial charge in [0, 0.05) is 33.6 Å². The predicted octanol–water partition coefficient (Wildman–Crippen LogP) is 17.1. The highest BCUT2D eigenvalue weighted by Crippen LogP contribution is 2.43. The van der Waals surface area contributed by atoms with Crippen molar-refractivity contribution in [2.24, 2.45) is 0 Å². The summed E-state index contributed by atoms with van der Waals surface area (Å²) in [5.41, 5.74) is 16.9. The third-order valence-electron chi connectivity index (χ3n) is 11.9. The normalized spacial score (nSPS) is 11.2. The third kappa shape index (κ3) is 7.04. The van der Waals surface area contributed by atoms with Gasteiger partial charge in [0.2, 0.25) is 0 Å². The lowest BCUT2D eigenvalue weighted by atomic mass is 9.94. The molecule has 0 aliphatic rings. The molecule has 11 aromatic rings. The molecule has 2 nitrogen and oxygen atoms in total. The van der Waals surface area contributed by atoms with Crippen molar-refractivity contribution in [3.05, 3.63) is 249 Å². The summed E-state index contributed by atoms with van der Waals surface area (Å²) < 4.78 is 6.59. The SMILES string of the molecule is c1ccc(-c2ccccc2-c2ccc(N(c3ccc(-c4cccc(-c5oc6ccccc6c5-c5ccccc5)c4)cc3)c3ccc(-c4ccc5ccccc5c4)cc3)cc2)cc1. The summed E-state index contributed by atoms with van der Waals surface area (Å²) >= 11 is 0. The lowest BCUT2D eigenvalue weighted by molar-refractivity contribution is 0.632. The molecule has 0 aliphatic heterocycles. The van der Waals surface area contributed by atoms with Gasteiger partial charge in [-0.25, -0.2) is 0 Å². The molecule has 1 aromatic heterocycles. The molecule has 0 amide bonds. The largest absolute Gasteiger partial charge is 0.455 e. The lowest BCUT2D eigenvalue weighted by Crippen LogP contribution is -2.09. The van der Waals surface area contributed by atoms with E-state index in [1.54, 1.807) is 0 Å². The first kappa shape index (κ1) is 36.8. The average Bonchev–Trinajstić information content (AvgIpc) is 3.75. The van der Waals surface area contributed by atoms with E-state index < -0.39 is 0 Å². The molecule has 0 saturated carbocycles. The number of hydrogen-bond acceptors (Lipinski definition) is 2. The molecule has 0 N–H and O–H groups in total. The first-order valence-electron chi connectivity index (χ1n) is 21.2. The molecule has 0 unspecified atom stereocenters. The highest BCUT2D eigenvalue weighted by molar-refractivity contribution is 6.02. The number of nitrogens with zero attached hydrogens (tertiary/aromatic N) is 1. The summed E-state index contributed by atoms with van der Waals surface area (Å²) in [7, 11) is 0. The Morgan fingerprint density at radius 3 is 1.37 bits per heavy atom. The first-order valence-corrected chi connectivity index (χ1v) is 21.2. The standard InChI is InChI=1S/C60H41NO/c1-3-15-45(16-4-1)55-22-9-10-23-56(55)46-32-38-54(39-33-46)61(53-36-30-44(31-37-53)50-27-26-42-14-7-8-19-48(42)40-50)52-34-28-43(29-35-52)49-20-13-21-51(41-49)60-59(47-17-5-2-6-18-47)57-24-11-12-25-58(57)62-60/h1-41H. The van der Waals surface area contributed by atoms with Gasteiger partial charge in [0.15, 0.2) is 0 Å². The molecule has 0 aliphatic carbocycles. The van der Waals surface area contributed by atoms with Crippen LogP contribution in [0, 0.1) is 0 Å². The molecule has 2 heteroatoms. The van der Waals surface area contributed by atoms with E-state index in [2.05, 4.69) is 241 Å². The van der Waals surface area contributed by atoms with E-state index in [9.17, 15) is 0 Å². The van der Waals surface area contributed by atoms with Crippen LogP contribution in [0.4, 0.5) is 17.1 Å². The molecule has 0 spiro atoms. The molecular weight excluding hydrogens is 751 g/mol. The van der Waals surface area contributed by atoms with Gasteiger partial charge in [-0.2, -0.15) is 0 Å². The predicted molar refractivity (Wildman–Crippen MR) is 261 cm³/mol. The number of hydrogen-bond donors (Lipinski definition) is 0. The van der Waals surface area contributed by atoms with E-state index in [1.165, 1.54) is 44.2 Å². The van der Waals surface area contributed by atoms with E-state index in [0.29, 0.717) is 0 Å². The molecule has 1 heterocycles. The van der Waals surface area contributed by atoms with Gasteiger partial charge in [-0.1, -0.05) is 194 Å². The fourth-order valence-electron chi connectivity index (χ4n) is 8.80. The zero-order chi connectivity index (χ0) is 41.2. The van der Waals surface area contributed by atoms with Crippen molar-refractivity contribution in [1.82, 2.24) is 0 Å². The second kappa shape index (κ2) is 16.1. The zero-order valence-electron chi connectivity index (χ0n) is 34.0. The quantitative estimate of drug-likeness (QED) is 0.145. The fourth-order valence-corrected chi connectivity index (χ4v) is 8.80. The molecule has 0 radical (unpaired) electrons. The molecule has 0 fully saturated rings. The van der Waals surface area contributed by atoms with Crippen LogP contribution in [0.15, 0.2) is 253 Å². The summed E-state index contributed by atoms with van der Waals surface area (Å²) in [6.07, 6.45) is 0. The Kier molecular flexibility index (Phi) is 9.57. The molecule has 10 aromatic carbocycles. The Hall–Kier alpha value is -8.20. The number of para-hydroxylation sites is 1. The zero-order valence-corrected chi connectivity index (χ0v) is 34.0. The molecular formula is C60H41NO. The van der Waals surface area contributed by atoms with Gasteiger partial charge in [0.25, 0.3) is 0 Å². The van der Waals surface area contributed by atoms with Crippen molar-refractivity contribution < 1.29 is 4.42 Å². The number of benzene rings is 10. The van der Waals surface area contributed by atoms with Gasteiger partial charge >= 0.3 is 0 Å². The molecule has 0 bridgehead atoms. The van der Waals surface area contributed by atoms with Crippen LogP contribution >= 0.6 is 0 Å². The Morgan fingerprint density at radius 2 is 0.726 bits per heavy atom. The minimum Gasteiger partial charge on any atom is -0.455 e. The maximum atomic E-state index is 6.59. The van der Waals surface area contributed by atoms with E-state index in [4.69, 9.17) is 4.42 Å². The van der Waals surface area contributed by atoms with E-state index in [0.717, 1.165) is 61.6 Å².